The summed E-state index contributed by atoms with van der Waals surface area (Å²) in [5.74, 6) is 0. The highest BCUT2D eigenvalue weighted by Crippen LogP contribution is 2.26. The lowest BCUT2D eigenvalue weighted by atomic mass is 9.84. The Balaban J connectivity index is 2.90. The second-order valence-electron chi connectivity index (χ2n) is 4.48. The van der Waals surface area contributed by atoms with Gasteiger partial charge in [-0.3, -0.25) is 0 Å². The summed E-state index contributed by atoms with van der Waals surface area (Å²) in [6.07, 6.45) is 2.80. The molecule has 0 saturated carbocycles. The van der Waals surface area contributed by atoms with Gasteiger partial charge >= 0.3 is 0 Å². The molecule has 108 valence electrons. The zero-order chi connectivity index (χ0) is 14.5. The molecule has 0 saturated heterocycles. The number of hydrogen-bond acceptors (Lipinski definition) is 4. The third kappa shape index (κ3) is 3.89. The van der Waals surface area contributed by atoms with Crippen molar-refractivity contribution in [3.05, 3.63) is 23.5 Å². The highest BCUT2D eigenvalue weighted by molar-refractivity contribution is 7.89. The fourth-order valence-corrected chi connectivity index (χ4v) is 3.29. The molecule has 2 N–H and O–H groups in total. The van der Waals surface area contributed by atoms with E-state index in [0.29, 0.717) is 12.8 Å². The molecule has 0 amide bonds. The Hall–Kier alpha value is -0.690. The van der Waals surface area contributed by atoms with E-state index in [9.17, 15) is 13.5 Å². The first-order valence-electron chi connectivity index (χ1n) is 6.12. The normalized spacial score (nSPS) is 12.6. The lowest BCUT2D eigenvalue weighted by Gasteiger charge is -2.29. The van der Waals surface area contributed by atoms with E-state index >= 15 is 0 Å². The molecule has 7 heteroatoms. The topological polar surface area (TPSA) is 79.3 Å². The van der Waals surface area contributed by atoms with Crippen LogP contribution in [0.1, 0.15) is 26.7 Å². The predicted molar refractivity (Wildman–Crippen MR) is 74.5 cm³/mol. The summed E-state index contributed by atoms with van der Waals surface area (Å²) in [6.45, 7) is 3.95. The molecule has 0 unspecified atom stereocenters. The van der Waals surface area contributed by atoms with Crippen molar-refractivity contribution < 1.29 is 13.5 Å². The number of nitrogens with zero attached hydrogens (tertiary/aromatic N) is 1. The molecular weight excluding hydrogens is 288 g/mol. The summed E-state index contributed by atoms with van der Waals surface area (Å²) >= 11 is 5.78. The molecule has 5 nitrogen and oxygen atoms in total. The van der Waals surface area contributed by atoms with Gasteiger partial charge in [0.1, 0.15) is 10.0 Å². The van der Waals surface area contributed by atoms with Crippen LogP contribution in [0.4, 0.5) is 0 Å². The van der Waals surface area contributed by atoms with E-state index in [4.69, 9.17) is 11.6 Å². The summed E-state index contributed by atoms with van der Waals surface area (Å²) in [5.41, 5.74) is -0.443. The first kappa shape index (κ1) is 16.4. The van der Waals surface area contributed by atoms with E-state index in [1.54, 1.807) is 0 Å². The summed E-state index contributed by atoms with van der Waals surface area (Å²) in [4.78, 5) is 3.70. The number of aromatic nitrogens is 1. The number of halogens is 1. The lowest BCUT2D eigenvalue weighted by Crippen LogP contribution is -2.39. The summed E-state index contributed by atoms with van der Waals surface area (Å²) in [6, 6.07) is 2.91. The Labute approximate surface area is 119 Å². The van der Waals surface area contributed by atoms with Crippen LogP contribution < -0.4 is 4.72 Å². The number of nitrogens with one attached hydrogen (secondary N) is 1. The van der Waals surface area contributed by atoms with Crippen molar-refractivity contribution in [2.75, 3.05) is 13.2 Å². The fraction of sp³-hybridized carbons (Fsp3) is 0.583. The van der Waals surface area contributed by atoms with Crippen molar-refractivity contribution in [2.24, 2.45) is 5.41 Å². The van der Waals surface area contributed by atoms with Gasteiger partial charge in [0.05, 0.1) is 0 Å². The molecule has 1 rings (SSSR count). The molecule has 0 atom stereocenters. The van der Waals surface area contributed by atoms with Crippen molar-refractivity contribution in [1.82, 2.24) is 9.71 Å². The van der Waals surface area contributed by atoms with Crippen LogP contribution in [0.25, 0.3) is 0 Å². The molecule has 1 aromatic rings. The highest BCUT2D eigenvalue weighted by Gasteiger charge is 2.28. The maximum Gasteiger partial charge on any atom is 0.243 e. The minimum atomic E-state index is -3.71. The molecule has 0 aromatic carbocycles. The van der Waals surface area contributed by atoms with Crippen LogP contribution in [0, 0.1) is 5.41 Å². The lowest BCUT2D eigenvalue weighted by molar-refractivity contribution is 0.119. The summed E-state index contributed by atoms with van der Waals surface area (Å²) < 4.78 is 26.8. The van der Waals surface area contributed by atoms with Gasteiger partial charge in [0.25, 0.3) is 0 Å². The maximum atomic E-state index is 12.1. The number of aliphatic hydroxyl groups is 1. The van der Waals surface area contributed by atoms with Gasteiger partial charge in [-0.05, 0) is 25.0 Å². The Morgan fingerprint density at radius 2 is 2.05 bits per heavy atom. The fourth-order valence-electron chi connectivity index (χ4n) is 1.68. The molecule has 0 aliphatic carbocycles. The van der Waals surface area contributed by atoms with E-state index in [1.165, 1.54) is 18.3 Å². The molecule has 0 aliphatic heterocycles. The minimum absolute atomic E-state index is 0.0456. The van der Waals surface area contributed by atoms with Gasteiger partial charge in [-0.1, -0.05) is 25.4 Å². The Morgan fingerprint density at radius 3 is 2.53 bits per heavy atom. The van der Waals surface area contributed by atoms with Gasteiger partial charge in [-0.15, -0.1) is 0 Å². The highest BCUT2D eigenvalue weighted by atomic mass is 35.5. The Bertz CT molecular complexity index is 507. The van der Waals surface area contributed by atoms with E-state index in [-0.39, 0.29) is 23.2 Å². The van der Waals surface area contributed by atoms with Crippen molar-refractivity contribution in [1.29, 1.82) is 0 Å². The monoisotopic (exact) mass is 306 g/mol. The van der Waals surface area contributed by atoms with Gasteiger partial charge in [-0.25, -0.2) is 18.1 Å². The van der Waals surface area contributed by atoms with Crippen molar-refractivity contribution >= 4 is 21.6 Å². The minimum Gasteiger partial charge on any atom is -0.396 e. The average Bonchev–Trinajstić information content (AvgIpc) is 2.41. The van der Waals surface area contributed by atoms with Crippen LogP contribution in [0.2, 0.25) is 5.15 Å². The molecule has 0 radical (unpaired) electrons. The number of sulfonamides is 1. The maximum absolute atomic E-state index is 12.1. The first-order chi connectivity index (χ1) is 8.90. The number of aliphatic hydroxyl groups excluding tert-OH is 1. The van der Waals surface area contributed by atoms with E-state index in [0.717, 1.165) is 0 Å². The Morgan fingerprint density at radius 1 is 1.42 bits per heavy atom. The number of hydrogen-bond donors (Lipinski definition) is 2. The zero-order valence-corrected chi connectivity index (χ0v) is 12.6. The molecule has 0 bridgehead atoms. The molecule has 19 heavy (non-hydrogen) atoms. The molecule has 0 aliphatic rings. The Kier molecular flexibility index (Phi) is 5.73. The zero-order valence-electron chi connectivity index (χ0n) is 11.1. The van der Waals surface area contributed by atoms with Gasteiger partial charge in [-0.2, -0.15) is 0 Å². The number of rotatable bonds is 7. The van der Waals surface area contributed by atoms with Gasteiger partial charge in [0, 0.05) is 24.8 Å². The van der Waals surface area contributed by atoms with Crippen LogP contribution in [-0.4, -0.2) is 31.7 Å². The molecule has 1 aromatic heterocycles. The standard InChI is InChI=1S/C12H19ClN2O3S/c1-3-12(4-2,9-16)8-15-19(17,18)10-6-5-7-14-11(10)13/h5-7,15-16H,3-4,8-9H2,1-2H3. The van der Waals surface area contributed by atoms with Crippen LogP contribution in [0.3, 0.4) is 0 Å². The van der Waals surface area contributed by atoms with Crippen LogP contribution >= 0.6 is 11.6 Å². The second kappa shape index (κ2) is 6.65. The molecule has 1 heterocycles. The number of pyridine rings is 1. The van der Waals surface area contributed by atoms with Gasteiger partial charge in [0.2, 0.25) is 10.0 Å². The van der Waals surface area contributed by atoms with E-state index < -0.39 is 15.4 Å². The van der Waals surface area contributed by atoms with Crippen molar-refractivity contribution in [3.63, 3.8) is 0 Å². The van der Waals surface area contributed by atoms with E-state index in [2.05, 4.69) is 9.71 Å². The largest absolute Gasteiger partial charge is 0.396 e. The van der Waals surface area contributed by atoms with Gasteiger partial charge < -0.3 is 5.11 Å². The van der Waals surface area contributed by atoms with Gasteiger partial charge in [0.15, 0.2) is 0 Å². The van der Waals surface area contributed by atoms with Crippen molar-refractivity contribution in [2.45, 2.75) is 31.6 Å². The summed E-state index contributed by atoms with van der Waals surface area (Å²) in [5, 5.41) is 9.37. The SMILES string of the molecule is CCC(CC)(CO)CNS(=O)(=O)c1cccnc1Cl. The third-order valence-electron chi connectivity index (χ3n) is 3.49. The second-order valence-corrected chi connectivity index (χ2v) is 6.58. The van der Waals surface area contributed by atoms with Crippen LogP contribution in [0.15, 0.2) is 23.2 Å². The van der Waals surface area contributed by atoms with Crippen molar-refractivity contribution in [3.8, 4) is 0 Å². The van der Waals surface area contributed by atoms with E-state index in [1.807, 2.05) is 13.8 Å². The predicted octanol–water partition coefficient (Wildman–Crippen LogP) is 1.81. The molecule has 0 spiro atoms. The smallest absolute Gasteiger partial charge is 0.243 e. The van der Waals surface area contributed by atoms with Crippen LogP contribution in [-0.2, 0) is 10.0 Å². The molecule has 0 fully saturated rings. The first-order valence-corrected chi connectivity index (χ1v) is 7.98. The third-order valence-corrected chi connectivity index (χ3v) is 5.33. The summed E-state index contributed by atoms with van der Waals surface area (Å²) in [7, 11) is -3.71. The van der Waals surface area contributed by atoms with Crippen LogP contribution in [0.5, 0.6) is 0 Å². The molecular formula is C12H19ClN2O3S. The average molecular weight is 307 g/mol. The quantitative estimate of drug-likeness (QED) is 0.753.